The van der Waals surface area contributed by atoms with Crippen LogP contribution in [0.1, 0.15) is 69.4 Å². The molecule has 152 valence electrons. The van der Waals surface area contributed by atoms with Gasteiger partial charge in [-0.2, -0.15) is 0 Å². The lowest BCUT2D eigenvalue weighted by molar-refractivity contribution is 0.586. The molecule has 0 fully saturated rings. The van der Waals surface area contributed by atoms with E-state index >= 15 is 0 Å². The van der Waals surface area contributed by atoms with E-state index in [1.54, 1.807) is 0 Å². The van der Waals surface area contributed by atoms with Gasteiger partial charge < -0.3 is 0 Å². The van der Waals surface area contributed by atoms with Gasteiger partial charge in [0.2, 0.25) is 0 Å². The summed E-state index contributed by atoms with van der Waals surface area (Å²) in [7, 11) is 0. The summed E-state index contributed by atoms with van der Waals surface area (Å²) in [6.07, 6.45) is 12.8. The Labute approximate surface area is 176 Å². The molecule has 2 aromatic carbocycles. The minimum atomic E-state index is 0.996. The molecule has 0 radical (unpaired) electrons. The lowest BCUT2D eigenvalue weighted by atomic mass is 10.1. The first-order chi connectivity index (χ1) is 13.7. The Balaban J connectivity index is 1.83. The number of anilines is 1. The summed E-state index contributed by atoms with van der Waals surface area (Å²) in [5.41, 5.74) is 4.73. The number of benzene rings is 2. The van der Waals surface area contributed by atoms with Gasteiger partial charge in [-0.05, 0) is 56.5 Å². The quantitative estimate of drug-likeness (QED) is 0.146. The van der Waals surface area contributed by atoms with Gasteiger partial charge in [0.15, 0.2) is 0 Å². The number of aliphatic imine (C=N–C) groups is 1. The highest BCUT2D eigenvalue weighted by molar-refractivity contribution is 8.01. The molecule has 0 bridgehead atoms. The summed E-state index contributed by atoms with van der Waals surface area (Å²) in [6.45, 7) is 6.51. The van der Waals surface area contributed by atoms with Crippen LogP contribution >= 0.6 is 11.9 Å². The number of nitrogens with zero attached hydrogens (tertiary/aromatic N) is 2. The Morgan fingerprint density at radius 2 is 1.29 bits per heavy atom. The Bertz CT molecular complexity index is 677. The maximum atomic E-state index is 4.68. The van der Waals surface area contributed by atoms with Crippen molar-refractivity contribution in [2.24, 2.45) is 4.99 Å². The number of hydrogen-bond acceptors (Lipinski definition) is 2. The number of rotatable bonds is 13. The van der Waals surface area contributed by atoms with Gasteiger partial charge in [-0.15, -0.1) is 0 Å². The van der Waals surface area contributed by atoms with Crippen molar-refractivity contribution in [2.45, 2.75) is 72.1 Å². The van der Waals surface area contributed by atoms with Crippen LogP contribution < -0.4 is 4.31 Å². The fraction of sp³-hybridized carbons (Fsp3) is 0.480. The summed E-state index contributed by atoms with van der Waals surface area (Å²) in [6, 6.07) is 17.0. The molecule has 0 heterocycles. The zero-order valence-corrected chi connectivity index (χ0v) is 18.7. The summed E-state index contributed by atoms with van der Waals surface area (Å²) < 4.78 is 2.21. The molecular weight excluding hydrogens is 360 g/mol. The topological polar surface area (TPSA) is 15.6 Å². The molecule has 0 amide bonds. The highest BCUT2D eigenvalue weighted by Crippen LogP contribution is 2.24. The Morgan fingerprint density at radius 3 is 1.89 bits per heavy atom. The largest absolute Gasteiger partial charge is 0.274 e. The number of aryl methyl sites for hydroxylation is 2. The van der Waals surface area contributed by atoms with E-state index in [2.05, 4.69) is 78.6 Å². The number of unbranched alkanes of at least 4 members (excludes halogenated alkanes) is 7. The van der Waals surface area contributed by atoms with Gasteiger partial charge in [0, 0.05) is 5.75 Å². The van der Waals surface area contributed by atoms with Gasteiger partial charge in [0.05, 0.1) is 11.4 Å². The van der Waals surface area contributed by atoms with Crippen molar-refractivity contribution in [3.05, 3.63) is 59.7 Å². The van der Waals surface area contributed by atoms with Crippen LogP contribution in [0.3, 0.4) is 0 Å². The molecule has 28 heavy (non-hydrogen) atoms. The molecule has 2 nitrogen and oxygen atoms in total. The van der Waals surface area contributed by atoms with Gasteiger partial charge in [-0.1, -0.05) is 87.3 Å². The van der Waals surface area contributed by atoms with Crippen LogP contribution in [0.15, 0.2) is 53.5 Å². The van der Waals surface area contributed by atoms with Crippen LogP contribution in [0.25, 0.3) is 0 Å². The van der Waals surface area contributed by atoms with Gasteiger partial charge in [0.1, 0.15) is 6.34 Å². The molecule has 0 N–H and O–H groups in total. The molecule has 0 spiro atoms. The van der Waals surface area contributed by atoms with Crippen LogP contribution in [-0.4, -0.2) is 12.1 Å². The molecule has 0 aliphatic carbocycles. The second-order valence-corrected chi connectivity index (χ2v) is 8.61. The third-order valence-corrected chi connectivity index (χ3v) is 5.92. The monoisotopic (exact) mass is 396 g/mol. The van der Waals surface area contributed by atoms with E-state index in [9.17, 15) is 0 Å². The van der Waals surface area contributed by atoms with Crippen molar-refractivity contribution >= 4 is 29.7 Å². The summed E-state index contributed by atoms with van der Waals surface area (Å²) in [4.78, 5) is 4.68. The molecule has 0 aromatic heterocycles. The number of hydrogen-bond donors (Lipinski definition) is 0. The van der Waals surface area contributed by atoms with Gasteiger partial charge in [-0.25, -0.2) is 4.99 Å². The molecular formula is C25H36N2S. The molecule has 2 aromatic rings. The van der Waals surface area contributed by atoms with Crippen molar-refractivity contribution in [1.29, 1.82) is 0 Å². The maximum Gasteiger partial charge on any atom is 0.106 e. The summed E-state index contributed by atoms with van der Waals surface area (Å²) >= 11 is 1.86. The predicted molar refractivity (Wildman–Crippen MR) is 128 cm³/mol. The molecule has 3 heteroatoms. The fourth-order valence-corrected chi connectivity index (χ4v) is 3.93. The van der Waals surface area contributed by atoms with Gasteiger partial charge in [0.25, 0.3) is 0 Å². The molecule has 0 unspecified atom stereocenters. The van der Waals surface area contributed by atoms with Crippen molar-refractivity contribution in [3.63, 3.8) is 0 Å². The van der Waals surface area contributed by atoms with E-state index in [1.165, 1.54) is 68.2 Å². The van der Waals surface area contributed by atoms with E-state index in [-0.39, 0.29) is 0 Å². The minimum absolute atomic E-state index is 0.996. The van der Waals surface area contributed by atoms with E-state index < -0.39 is 0 Å². The second kappa shape index (κ2) is 13.4. The first-order valence-electron chi connectivity index (χ1n) is 10.8. The normalized spacial score (nSPS) is 11.2. The predicted octanol–water partition coefficient (Wildman–Crippen LogP) is 8.26. The smallest absolute Gasteiger partial charge is 0.106 e. The lowest BCUT2D eigenvalue weighted by Gasteiger charge is -2.18. The van der Waals surface area contributed by atoms with Crippen LogP contribution in [0.2, 0.25) is 0 Å². The average molecular weight is 397 g/mol. The summed E-state index contributed by atoms with van der Waals surface area (Å²) in [5, 5.41) is 0. The average Bonchev–Trinajstić information content (AvgIpc) is 2.71. The standard InChI is InChI=1S/C25H36N2S/c1-4-5-6-7-8-9-10-11-20-28-27(25-18-14-23(3)15-19-25)21-26-24-16-12-22(2)13-17-24/h12-19,21H,4-11,20H2,1-3H3/b26-21+. The molecule has 0 atom stereocenters. The summed E-state index contributed by atoms with van der Waals surface area (Å²) in [5.74, 6) is 1.13. The maximum absolute atomic E-state index is 4.68. The van der Waals surface area contributed by atoms with E-state index in [1.807, 2.05) is 18.3 Å². The van der Waals surface area contributed by atoms with Crippen LogP contribution in [0.4, 0.5) is 11.4 Å². The Kier molecular flexibility index (Phi) is 10.8. The highest BCUT2D eigenvalue weighted by atomic mass is 32.2. The zero-order valence-electron chi connectivity index (χ0n) is 17.9. The van der Waals surface area contributed by atoms with Gasteiger partial charge in [-0.3, -0.25) is 4.31 Å². The van der Waals surface area contributed by atoms with E-state index in [0.717, 1.165) is 11.4 Å². The lowest BCUT2D eigenvalue weighted by Crippen LogP contribution is -2.12. The first kappa shape index (κ1) is 22.5. The fourth-order valence-electron chi connectivity index (χ4n) is 3.02. The van der Waals surface area contributed by atoms with Crippen LogP contribution in [0, 0.1) is 13.8 Å². The minimum Gasteiger partial charge on any atom is -0.274 e. The Morgan fingerprint density at radius 1 is 0.750 bits per heavy atom. The molecule has 2 rings (SSSR count). The van der Waals surface area contributed by atoms with E-state index in [4.69, 9.17) is 0 Å². The van der Waals surface area contributed by atoms with Gasteiger partial charge >= 0.3 is 0 Å². The molecule has 0 aliphatic rings. The third-order valence-electron chi connectivity index (χ3n) is 4.86. The molecule has 0 saturated heterocycles. The van der Waals surface area contributed by atoms with Crippen molar-refractivity contribution < 1.29 is 0 Å². The zero-order chi connectivity index (χ0) is 20.0. The Hall–Kier alpha value is -1.74. The second-order valence-electron chi connectivity index (χ2n) is 7.55. The molecule has 0 aliphatic heterocycles. The van der Waals surface area contributed by atoms with Crippen molar-refractivity contribution in [1.82, 2.24) is 0 Å². The third kappa shape index (κ3) is 8.97. The van der Waals surface area contributed by atoms with Crippen molar-refractivity contribution in [2.75, 3.05) is 10.1 Å². The molecule has 0 saturated carbocycles. The SMILES string of the molecule is CCCCCCCCCCSN(/C=N/c1ccc(C)cc1)c1ccc(C)cc1. The first-order valence-corrected chi connectivity index (χ1v) is 11.7. The van der Waals surface area contributed by atoms with Crippen LogP contribution in [0.5, 0.6) is 0 Å². The van der Waals surface area contributed by atoms with Crippen LogP contribution in [-0.2, 0) is 0 Å². The van der Waals surface area contributed by atoms with E-state index in [0.29, 0.717) is 0 Å². The highest BCUT2D eigenvalue weighted by Gasteiger charge is 2.05. The van der Waals surface area contributed by atoms with Crippen molar-refractivity contribution in [3.8, 4) is 0 Å².